The van der Waals surface area contributed by atoms with E-state index >= 15 is 0 Å². The highest BCUT2D eigenvalue weighted by Gasteiger charge is 2.11. The van der Waals surface area contributed by atoms with Crippen LogP contribution in [0.15, 0.2) is 30.3 Å². The Kier molecular flexibility index (Phi) is 5.68. The molecule has 1 aromatic carbocycles. The smallest absolute Gasteiger partial charge is 0.270 e. The van der Waals surface area contributed by atoms with Crippen molar-refractivity contribution in [2.24, 2.45) is 5.92 Å². The van der Waals surface area contributed by atoms with E-state index in [-0.39, 0.29) is 5.91 Å². The number of para-hydroxylation sites is 1. The standard InChI is InChI=1S/C18H24N4O/c1-12(2)9-10-19-18(23)16-11-17(21-14(4)20-16)22-15-8-6-5-7-13(15)3/h5-8,11-12H,9-10H2,1-4H3,(H,19,23)(H,20,21,22). The first-order valence-corrected chi connectivity index (χ1v) is 7.92. The predicted molar refractivity (Wildman–Crippen MR) is 93.0 cm³/mol. The monoisotopic (exact) mass is 312 g/mol. The van der Waals surface area contributed by atoms with E-state index in [1.807, 2.05) is 31.2 Å². The summed E-state index contributed by atoms with van der Waals surface area (Å²) in [6.07, 6.45) is 0.949. The summed E-state index contributed by atoms with van der Waals surface area (Å²) in [7, 11) is 0. The normalized spacial score (nSPS) is 10.7. The Hall–Kier alpha value is -2.43. The van der Waals surface area contributed by atoms with Crippen LogP contribution in [-0.2, 0) is 0 Å². The Morgan fingerprint density at radius 3 is 2.61 bits per heavy atom. The molecule has 0 saturated heterocycles. The molecule has 0 fully saturated rings. The lowest BCUT2D eigenvalue weighted by Gasteiger charge is -2.11. The summed E-state index contributed by atoms with van der Waals surface area (Å²) in [4.78, 5) is 20.8. The zero-order valence-corrected chi connectivity index (χ0v) is 14.2. The molecule has 0 saturated carbocycles. The molecule has 0 aliphatic heterocycles. The zero-order valence-electron chi connectivity index (χ0n) is 14.2. The van der Waals surface area contributed by atoms with Crippen LogP contribution < -0.4 is 10.6 Å². The third kappa shape index (κ3) is 5.06. The van der Waals surface area contributed by atoms with Crippen LogP contribution in [0, 0.1) is 19.8 Å². The maximum absolute atomic E-state index is 12.2. The van der Waals surface area contributed by atoms with Gasteiger partial charge in [0, 0.05) is 18.3 Å². The molecule has 0 atom stereocenters. The highest BCUT2D eigenvalue weighted by atomic mass is 16.1. The molecule has 0 aliphatic rings. The Balaban J connectivity index is 2.12. The van der Waals surface area contributed by atoms with Crippen LogP contribution in [0.4, 0.5) is 11.5 Å². The van der Waals surface area contributed by atoms with Crippen LogP contribution in [0.3, 0.4) is 0 Å². The summed E-state index contributed by atoms with van der Waals surface area (Å²) in [5, 5.41) is 6.15. The fourth-order valence-electron chi connectivity index (χ4n) is 2.16. The van der Waals surface area contributed by atoms with Crippen LogP contribution in [-0.4, -0.2) is 22.4 Å². The summed E-state index contributed by atoms with van der Waals surface area (Å²) in [6, 6.07) is 9.64. The molecule has 1 amide bonds. The summed E-state index contributed by atoms with van der Waals surface area (Å²) in [5.41, 5.74) is 2.47. The predicted octanol–water partition coefficient (Wildman–Crippen LogP) is 3.61. The van der Waals surface area contributed by atoms with Crippen molar-refractivity contribution in [3.63, 3.8) is 0 Å². The molecule has 0 aliphatic carbocycles. The number of carbonyl (C=O) groups is 1. The van der Waals surface area contributed by atoms with Crippen molar-refractivity contribution in [3.8, 4) is 0 Å². The minimum atomic E-state index is -0.163. The Morgan fingerprint density at radius 1 is 1.17 bits per heavy atom. The molecule has 0 spiro atoms. The number of carbonyl (C=O) groups excluding carboxylic acids is 1. The number of benzene rings is 1. The molecule has 1 heterocycles. The van der Waals surface area contributed by atoms with Crippen molar-refractivity contribution in [1.82, 2.24) is 15.3 Å². The van der Waals surface area contributed by atoms with Crippen molar-refractivity contribution in [3.05, 3.63) is 47.4 Å². The van der Waals surface area contributed by atoms with E-state index in [0.29, 0.717) is 29.8 Å². The van der Waals surface area contributed by atoms with Crippen LogP contribution in [0.25, 0.3) is 0 Å². The van der Waals surface area contributed by atoms with Gasteiger partial charge in [0.05, 0.1) is 0 Å². The number of hydrogen-bond acceptors (Lipinski definition) is 4. The summed E-state index contributed by atoms with van der Waals surface area (Å²) in [6.45, 7) is 8.72. The molecule has 2 aromatic rings. The topological polar surface area (TPSA) is 66.9 Å². The average molecular weight is 312 g/mol. The third-order valence-electron chi connectivity index (χ3n) is 3.49. The second-order valence-corrected chi connectivity index (χ2v) is 6.06. The van der Waals surface area contributed by atoms with Gasteiger partial charge in [-0.05, 0) is 37.8 Å². The molecular weight excluding hydrogens is 288 g/mol. The SMILES string of the molecule is Cc1nc(Nc2ccccc2C)cc(C(=O)NCCC(C)C)n1. The highest BCUT2D eigenvalue weighted by Crippen LogP contribution is 2.19. The largest absolute Gasteiger partial charge is 0.351 e. The van der Waals surface area contributed by atoms with E-state index in [4.69, 9.17) is 0 Å². The maximum atomic E-state index is 12.2. The quantitative estimate of drug-likeness (QED) is 0.855. The van der Waals surface area contributed by atoms with Gasteiger partial charge >= 0.3 is 0 Å². The molecule has 0 unspecified atom stereocenters. The fraction of sp³-hybridized carbons (Fsp3) is 0.389. The molecule has 122 valence electrons. The van der Waals surface area contributed by atoms with E-state index in [9.17, 15) is 4.79 Å². The lowest BCUT2D eigenvalue weighted by atomic mass is 10.1. The zero-order chi connectivity index (χ0) is 16.8. The van der Waals surface area contributed by atoms with Gasteiger partial charge in [-0.1, -0.05) is 32.0 Å². The Morgan fingerprint density at radius 2 is 1.91 bits per heavy atom. The number of rotatable bonds is 6. The van der Waals surface area contributed by atoms with E-state index in [2.05, 4.69) is 34.4 Å². The molecule has 2 N–H and O–H groups in total. The summed E-state index contributed by atoms with van der Waals surface area (Å²) >= 11 is 0. The average Bonchev–Trinajstić information content (AvgIpc) is 2.48. The van der Waals surface area contributed by atoms with Gasteiger partial charge in [0.15, 0.2) is 0 Å². The minimum absolute atomic E-state index is 0.163. The summed E-state index contributed by atoms with van der Waals surface area (Å²) < 4.78 is 0. The van der Waals surface area contributed by atoms with Gasteiger partial charge in [-0.2, -0.15) is 0 Å². The van der Waals surface area contributed by atoms with Crippen molar-refractivity contribution < 1.29 is 4.79 Å². The number of nitrogens with one attached hydrogen (secondary N) is 2. The van der Waals surface area contributed by atoms with Gasteiger partial charge in [-0.25, -0.2) is 9.97 Å². The third-order valence-corrected chi connectivity index (χ3v) is 3.49. The molecule has 2 rings (SSSR count). The van der Waals surface area contributed by atoms with Crippen molar-refractivity contribution in [2.75, 3.05) is 11.9 Å². The molecule has 0 bridgehead atoms. The van der Waals surface area contributed by atoms with Gasteiger partial charge in [0.2, 0.25) is 0 Å². The van der Waals surface area contributed by atoms with Crippen molar-refractivity contribution in [1.29, 1.82) is 0 Å². The first-order chi connectivity index (χ1) is 11.0. The molecule has 23 heavy (non-hydrogen) atoms. The first-order valence-electron chi connectivity index (χ1n) is 7.92. The van der Waals surface area contributed by atoms with Gasteiger partial charge in [-0.3, -0.25) is 4.79 Å². The highest BCUT2D eigenvalue weighted by molar-refractivity contribution is 5.93. The van der Waals surface area contributed by atoms with Crippen molar-refractivity contribution >= 4 is 17.4 Å². The molecule has 1 aromatic heterocycles. The first kappa shape index (κ1) is 16.9. The number of nitrogens with zero attached hydrogens (tertiary/aromatic N) is 2. The van der Waals surface area contributed by atoms with Crippen LogP contribution in [0.5, 0.6) is 0 Å². The number of anilines is 2. The summed E-state index contributed by atoms with van der Waals surface area (Å²) in [5.74, 6) is 1.59. The van der Waals surface area contributed by atoms with Gasteiger partial charge in [0.25, 0.3) is 5.91 Å². The Labute approximate surface area is 137 Å². The van der Waals surface area contributed by atoms with E-state index < -0.39 is 0 Å². The van der Waals surface area contributed by atoms with Crippen LogP contribution in [0.1, 0.15) is 42.1 Å². The van der Waals surface area contributed by atoms with Gasteiger partial charge in [0.1, 0.15) is 17.3 Å². The van der Waals surface area contributed by atoms with E-state index in [0.717, 1.165) is 17.7 Å². The van der Waals surface area contributed by atoms with E-state index in [1.54, 1.807) is 13.0 Å². The lowest BCUT2D eigenvalue weighted by Crippen LogP contribution is -2.26. The number of aromatic nitrogens is 2. The van der Waals surface area contributed by atoms with Gasteiger partial charge in [-0.15, -0.1) is 0 Å². The number of aryl methyl sites for hydroxylation is 2. The van der Waals surface area contributed by atoms with Gasteiger partial charge < -0.3 is 10.6 Å². The fourth-order valence-corrected chi connectivity index (χ4v) is 2.16. The van der Waals surface area contributed by atoms with Crippen molar-refractivity contribution in [2.45, 2.75) is 34.1 Å². The molecule has 5 heteroatoms. The van der Waals surface area contributed by atoms with Crippen LogP contribution >= 0.6 is 0 Å². The molecule has 0 radical (unpaired) electrons. The minimum Gasteiger partial charge on any atom is -0.351 e. The Bertz CT molecular complexity index is 682. The lowest BCUT2D eigenvalue weighted by molar-refractivity contribution is 0.0946. The number of hydrogen-bond donors (Lipinski definition) is 2. The van der Waals surface area contributed by atoms with E-state index in [1.165, 1.54) is 0 Å². The van der Waals surface area contributed by atoms with Crippen LogP contribution in [0.2, 0.25) is 0 Å². The second kappa shape index (κ2) is 7.72. The molecular formula is C18H24N4O. The second-order valence-electron chi connectivity index (χ2n) is 6.06. The molecule has 5 nitrogen and oxygen atoms in total. The maximum Gasteiger partial charge on any atom is 0.270 e. The number of amides is 1.